The van der Waals surface area contributed by atoms with Crippen LogP contribution in [0.15, 0.2) is 33.2 Å². The summed E-state index contributed by atoms with van der Waals surface area (Å²) in [5.41, 5.74) is 1.16. The van der Waals surface area contributed by atoms with Crippen LogP contribution in [0, 0.1) is 0 Å². The van der Waals surface area contributed by atoms with Crippen LogP contribution in [0.25, 0.3) is 0 Å². The summed E-state index contributed by atoms with van der Waals surface area (Å²) in [4.78, 5) is 0. The Kier molecular flexibility index (Phi) is 4.77. The molecule has 2 N–H and O–H groups in total. The van der Waals surface area contributed by atoms with Gasteiger partial charge in [0.25, 0.3) is 0 Å². The number of aromatic nitrogens is 2. The number of nitrogens with zero attached hydrogens (tertiary/aromatic N) is 2. The van der Waals surface area contributed by atoms with Crippen molar-refractivity contribution in [2.24, 2.45) is 0 Å². The molecule has 0 bridgehead atoms. The zero-order chi connectivity index (χ0) is 14.6. The number of anilines is 1. The predicted octanol–water partition coefficient (Wildman–Crippen LogP) is 3.33. The van der Waals surface area contributed by atoms with Crippen LogP contribution in [-0.2, 0) is 13.1 Å². The van der Waals surface area contributed by atoms with Crippen molar-refractivity contribution in [3.05, 3.63) is 40.2 Å². The fraction of sp³-hybridized carbons (Fsp3) is 0.429. The van der Waals surface area contributed by atoms with E-state index in [4.69, 9.17) is 4.42 Å². The molecule has 0 aliphatic rings. The highest BCUT2D eigenvalue weighted by Crippen LogP contribution is 2.17. The number of hydrogen-bond acceptors (Lipinski definition) is 5. The Hall–Kier alpha value is -1.40. The van der Waals surface area contributed by atoms with Gasteiger partial charge >= 0.3 is 6.01 Å². The molecule has 0 amide bonds. The number of hydrogen-bond donors (Lipinski definition) is 2. The topological polar surface area (TPSA) is 63.0 Å². The van der Waals surface area contributed by atoms with E-state index < -0.39 is 0 Å². The van der Waals surface area contributed by atoms with Crippen molar-refractivity contribution in [2.45, 2.75) is 39.4 Å². The first kappa shape index (κ1) is 15.0. The van der Waals surface area contributed by atoms with Crippen LogP contribution in [-0.4, -0.2) is 15.7 Å². The average molecular weight is 339 g/mol. The van der Waals surface area contributed by atoms with Crippen LogP contribution in [0.1, 0.15) is 32.2 Å². The summed E-state index contributed by atoms with van der Waals surface area (Å²) in [7, 11) is 0. The molecule has 0 spiro atoms. The van der Waals surface area contributed by atoms with Crippen LogP contribution >= 0.6 is 15.9 Å². The molecule has 1 aromatic heterocycles. The molecule has 1 heterocycles. The normalized spacial score (nSPS) is 11.6. The van der Waals surface area contributed by atoms with Gasteiger partial charge in [0.05, 0.1) is 6.54 Å². The molecular weight excluding hydrogens is 320 g/mol. The first-order valence-electron chi connectivity index (χ1n) is 6.49. The molecular formula is C14H19BrN4O. The average Bonchev–Trinajstić information content (AvgIpc) is 2.83. The van der Waals surface area contributed by atoms with Crippen LogP contribution in [0.3, 0.4) is 0 Å². The summed E-state index contributed by atoms with van der Waals surface area (Å²) < 4.78 is 6.59. The SMILES string of the molecule is CC(C)(C)NCc1nnc(NCc2ccccc2Br)o1. The highest BCUT2D eigenvalue weighted by molar-refractivity contribution is 9.10. The van der Waals surface area contributed by atoms with Crippen LogP contribution in [0.4, 0.5) is 6.01 Å². The summed E-state index contributed by atoms with van der Waals surface area (Å²) >= 11 is 3.51. The quantitative estimate of drug-likeness (QED) is 0.875. The van der Waals surface area contributed by atoms with Crippen LogP contribution in [0.2, 0.25) is 0 Å². The Morgan fingerprint density at radius 3 is 2.60 bits per heavy atom. The highest BCUT2D eigenvalue weighted by Gasteiger charge is 2.12. The lowest BCUT2D eigenvalue weighted by molar-refractivity contribution is 0.383. The van der Waals surface area contributed by atoms with Gasteiger partial charge in [-0.2, -0.15) is 0 Å². The lowest BCUT2D eigenvalue weighted by Crippen LogP contribution is -2.35. The first-order valence-corrected chi connectivity index (χ1v) is 7.28. The van der Waals surface area contributed by atoms with Crippen molar-refractivity contribution in [2.75, 3.05) is 5.32 Å². The van der Waals surface area contributed by atoms with Crippen LogP contribution < -0.4 is 10.6 Å². The number of benzene rings is 1. The van der Waals surface area contributed by atoms with Gasteiger partial charge in [-0.05, 0) is 32.4 Å². The van der Waals surface area contributed by atoms with E-state index in [1.807, 2.05) is 24.3 Å². The minimum atomic E-state index is 0.0248. The Bertz CT molecular complexity index is 562. The second-order valence-electron chi connectivity index (χ2n) is 5.55. The molecule has 0 radical (unpaired) electrons. The number of rotatable bonds is 5. The van der Waals surface area contributed by atoms with E-state index in [1.54, 1.807) is 0 Å². The van der Waals surface area contributed by atoms with Crippen molar-refractivity contribution in [3.63, 3.8) is 0 Å². The van der Waals surface area contributed by atoms with Gasteiger partial charge in [0.1, 0.15) is 0 Å². The summed E-state index contributed by atoms with van der Waals surface area (Å²) in [5.74, 6) is 0.578. The lowest BCUT2D eigenvalue weighted by Gasteiger charge is -2.18. The van der Waals surface area contributed by atoms with Crippen molar-refractivity contribution < 1.29 is 4.42 Å². The second-order valence-corrected chi connectivity index (χ2v) is 6.40. The molecule has 1 aromatic carbocycles. The van der Waals surface area contributed by atoms with Crippen molar-refractivity contribution in [3.8, 4) is 0 Å². The van der Waals surface area contributed by atoms with E-state index in [-0.39, 0.29) is 5.54 Å². The minimum Gasteiger partial charge on any atom is -0.407 e. The third kappa shape index (κ3) is 4.61. The maximum atomic E-state index is 5.53. The van der Waals surface area contributed by atoms with E-state index in [0.717, 1.165) is 10.0 Å². The Labute approximate surface area is 127 Å². The van der Waals surface area contributed by atoms with Gasteiger partial charge in [0.2, 0.25) is 5.89 Å². The fourth-order valence-corrected chi connectivity index (χ4v) is 1.97. The molecule has 5 nitrogen and oxygen atoms in total. The first-order chi connectivity index (χ1) is 9.44. The van der Waals surface area contributed by atoms with Gasteiger partial charge in [-0.3, -0.25) is 0 Å². The maximum Gasteiger partial charge on any atom is 0.315 e. The number of halogens is 1. The Morgan fingerprint density at radius 2 is 1.90 bits per heavy atom. The van der Waals surface area contributed by atoms with Gasteiger partial charge in [0.15, 0.2) is 0 Å². The standard InChI is InChI=1S/C14H19BrN4O/c1-14(2,3)17-9-12-18-19-13(20-12)16-8-10-6-4-5-7-11(10)15/h4-7,17H,8-9H2,1-3H3,(H,16,19). The van der Waals surface area contributed by atoms with E-state index in [2.05, 4.69) is 57.5 Å². The molecule has 0 atom stereocenters. The molecule has 0 aliphatic carbocycles. The molecule has 20 heavy (non-hydrogen) atoms. The number of nitrogens with one attached hydrogen (secondary N) is 2. The molecule has 6 heteroatoms. The molecule has 0 fully saturated rings. The summed E-state index contributed by atoms with van der Waals surface area (Å²) in [6.07, 6.45) is 0. The molecule has 0 aliphatic heterocycles. The van der Waals surface area contributed by atoms with Crippen molar-refractivity contribution in [1.29, 1.82) is 0 Å². The monoisotopic (exact) mass is 338 g/mol. The van der Waals surface area contributed by atoms with E-state index in [9.17, 15) is 0 Å². The fourth-order valence-electron chi connectivity index (χ4n) is 1.55. The second kappa shape index (κ2) is 6.37. The van der Waals surface area contributed by atoms with E-state index >= 15 is 0 Å². The maximum absolute atomic E-state index is 5.53. The third-order valence-electron chi connectivity index (χ3n) is 2.62. The van der Waals surface area contributed by atoms with E-state index in [1.165, 1.54) is 0 Å². The largest absolute Gasteiger partial charge is 0.407 e. The molecule has 0 saturated carbocycles. The highest BCUT2D eigenvalue weighted by atomic mass is 79.9. The Balaban J connectivity index is 1.89. The Morgan fingerprint density at radius 1 is 1.15 bits per heavy atom. The van der Waals surface area contributed by atoms with Gasteiger partial charge in [-0.15, -0.1) is 5.10 Å². The molecule has 2 aromatic rings. The molecule has 108 valence electrons. The smallest absolute Gasteiger partial charge is 0.315 e. The van der Waals surface area contributed by atoms with Crippen LogP contribution in [0.5, 0.6) is 0 Å². The molecule has 0 unspecified atom stereocenters. The van der Waals surface area contributed by atoms with Gasteiger partial charge < -0.3 is 15.1 Å². The third-order valence-corrected chi connectivity index (χ3v) is 3.40. The molecule has 0 saturated heterocycles. The van der Waals surface area contributed by atoms with Crippen molar-refractivity contribution >= 4 is 21.9 Å². The van der Waals surface area contributed by atoms with E-state index in [0.29, 0.717) is 25.0 Å². The van der Waals surface area contributed by atoms with Gasteiger partial charge in [0, 0.05) is 16.6 Å². The lowest BCUT2D eigenvalue weighted by atomic mass is 10.1. The minimum absolute atomic E-state index is 0.0248. The predicted molar refractivity (Wildman–Crippen MR) is 82.4 cm³/mol. The van der Waals surface area contributed by atoms with Gasteiger partial charge in [-0.25, -0.2) is 0 Å². The summed E-state index contributed by atoms with van der Waals surface area (Å²) in [6.45, 7) is 7.48. The summed E-state index contributed by atoms with van der Waals surface area (Å²) in [6, 6.07) is 8.45. The zero-order valence-corrected chi connectivity index (χ0v) is 13.5. The molecule has 2 rings (SSSR count). The summed E-state index contributed by atoms with van der Waals surface area (Å²) in [5, 5.41) is 14.4. The van der Waals surface area contributed by atoms with Gasteiger partial charge in [-0.1, -0.05) is 39.2 Å². The van der Waals surface area contributed by atoms with Crippen molar-refractivity contribution in [1.82, 2.24) is 15.5 Å². The zero-order valence-electron chi connectivity index (χ0n) is 11.9.